The van der Waals surface area contributed by atoms with Gasteiger partial charge in [0.1, 0.15) is 11.2 Å². The monoisotopic (exact) mass is 1180 g/mol. The summed E-state index contributed by atoms with van der Waals surface area (Å²) in [7, 11) is 0. The molecule has 0 saturated heterocycles. The van der Waals surface area contributed by atoms with Crippen molar-refractivity contribution >= 4 is 88.4 Å². The lowest BCUT2D eigenvalue weighted by Crippen LogP contribution is -2.10. The molecule has 0 atom stereocenters. The van der Waals surface area contributed by atoms with E-state index < -0.39 is 0 Å². The van der Waals surface area contributed by atoms with Crippen molar-refractivity contribution in [2.45, 2.75) is 0 Å². The van der Waals surface area contributed by atoms with Crippen LogP contribution in [0.25, 0.3) is 132 Å². The Morgan fingerprint density at radius 3 is 1.00 bits per heavy atom. The summed E-state index contributed by atoms with van der Waals surface area (Å²) in [6.07, 6.45) is 0. The Kier molecular flexibility index (Phi) is 13.9. The van der Waals surface area contributed by atoms with Gasteiger partial charge in [-0.25, -0.2) is 0 Å². The number of hydrogen-bond donors (Lipinski definition) is 0. The second-order valence-electron chi connectivity index (χ2n) is 24.0. The minimum Gasteiger partial charge on any atom is -0.455 e. The SMILES string of the molecule is c1ccc(-c2ccc(-c3ccc(N(c4ccc(-c5cccc6ccccc56)cc4)c4cccc(-c5cccc(N(c6ccc(-c7ccc8ccccc8c7)cc6)c6ccc(-c7cccc8c7oc7c(-c9ccccc9)cccc78)cc6)c5)c4)cc3)c3ccccc23)cc1. The van der Waals surface area contributed by atoms with Gasteiger partial charge in [0.2, 0.25) is 0 Å². The van der Waals surface area contributed by atoms with Crippen LogP contribution in [-0.4, -0.2) is 0 Å². The Morgan fingerprint density at radius 2 is 0.484 bits per heavy atom. The van der Waals surface area contributed by atoms with E-state index in [2.05, 4.69) is 374 Å². The number of hydrogen-bond acceptors (Lipinski definition) is 3. The Labute approximate surface area is 541 Å². The highest BCUT2D eigenvalue weighted by Gasteiger charge is 2.21. The third kappa shape index (κ3) is 10.2. The van der Waals surface area contributed by atoms with Gasteiger partial charge in [-0.3, -0.25) is 0 Å². The lowest BCUT2D eigenvalue weighted by Gasteiger charge is -2.27. The molecule has 16 aromatic carbocycles. The molecule has 3 nitrogen and oxygen atoms in total. The summed E-state index contributed by atoms with van der Waals surface area (Å²) < 4.78 is 6.91. The van der Waals surface area contributed by atoms with Crippen LogP contribution in [0.15, 0.2) is 368 Å². The second-order valence-corrected chi connectivity index (χ2v) is 24.0. The zero-order valence-corrected chi connectivity index (χ0v) is 50.9. The molecule has 0 radical (unpaired) electrons. The van der Waals surface area contributed by atoms with Crippen molar-refractivity contribution in [1.29, 1.82) is 0 Å². The van der Waals surface area contributed by atoms with Crippen LogP contribution in [-0.2, 0) is 0 Å². The van der Waals surface area contributed by atoms with Gasteiger partial charge in [0.05, 0.1) is 0 Å². The van der Waals surface area contributed by atoms with E-state index in [0.29, 0.717) is 0 Å². The van der Waals surface area contributed by atoms with Crippen LogP contribution in [0.4, 0.5) is 34.1 Å². The molecule has 0 unspecified atom stereocenters. The molecule has 3 heteroatoms. The van der Waals surface area contributed by atoms with Crippen molar-refractivity contribution in [3.05, 3.63) is 364 Å². The van der Waals surface area contributed by atoms with E-state index in [1.807, 2.05) is 0 Å². The first-order valence-electron chi connectivity index (χ1n) is 31.9. The molecular formula is C90H60N2O. The highest BCUT2D eigenvalue weighted by Crippen LogP contribution is 2.45. The van der Waals surface area contributed by atoms with Crippen LogP contribution in [0, 0.1) is 0 Å². The molecule has 436 valence electrons. The van der Waals surface area contributed by atoms with Gasteiger partial charge in [0.15, 0.2) is 0 Å². The molecule has 17 rings (SSSR count). The second kappa shape index (κ2) is 23.6. The molecule has 93 heavy (non-hydrogen) atoms. The first kappa shape index (κ1) is 54.8. The van der Waals surface area contributed by atoms with Crippen LogP contribution < -0.4 is 9.80 Å². The number of rotatable bonds is 13. The molecule has 1 aromatic heterocycles. The van der Waals surface area contributed by atoms with Gasteiger partial charge in [-0.15, -0.1) is 0 Å². The van der Waals surface area contributed by atoms with Crippen molar-refractivity contribution in [2.75, 3.05) is 9.80 Å². The summed E-state index contributed by atoms with van der Waals surface area (Å²) in [4.78, 5) is 4.76. The molecule has 0 N–H and O–H groups in total. The van der Waals surface area contributed by atoms with E-state index in [1.54, 1.807) is 0 Å². The molecule has 0 aliphatic carbocycles. The van der Waals surface area contributed by atoms with E-state index in [1.165, 1.54) is 65.7 Å². The van der Waals surface area contributed by atoms with Gasteiger partial charge in [-0.2, -0.15) is 0 Å². The Bertz CT molecular complexity index is 5590. The van der Waals surface area contributed by atoms with E-state index in [4.69, 9.17) is 4.42 Å². The number of fused-ring (bicyclic) bond motifs is 6. The van der Waals surface area contributed by atoms with Crippen molar-refractivity contribution in [2.24, 2.45) is 0 Å². The fourth-order valence-electron chi connectivity index (χ4n) is 13.9. The summed E-state index contributed by atoms with van der Waals surface area (Å²) in [5.74, 6) is 0. The number of para-hydroxylation sites is 2. The average molecular weight is 1190 g/mol. The predicted octanol–water partition coefficient (Wildman–Crippen LogP) is 25.7. The minimum atomic E-state index is 0.881. The lowest BCUT2D eigenvalue weighted by atomic mass is 9.92. The third-order valence-electron chi connectivity index (χ3n) is 18.5. The summed E-state index contributed by atoms with van der Waals surface area (Å²) >= 11 is 0. The molecule has 0 aliphatic heterocycles. The van der Waals surface area contributed by atoms with Gasteiger partial charge < -0.3 is 14.2 Å². The fourth-order valence-corrected chi connectivity index (χ4v) is 13.9. The highest BCUT2D eigenvalue weighted by molar-refractivity contribution is 6.13. The quantitative estimate of drug-likeness (QED) is 0.115. The normalized spacial score (nSPS) is 11.4. The first-order valence-corrected chi connectivity index (χ1v) is 31.9. The molecule has 17 aromatic rings. The fraction of sp³-hybridized carbons (Fsp3) is 0. The predicted molar refractivity (Wildman–Crippen MR) is 394 cm³/mol. The summed E-state index contributed by atoms with van der Waals surface area (Å²) in [5.41, 5.74) is 24.2. The van der Waals surface area contributed by atoms with Gasteiger partial charge in [-0.1, -0.05) is 285 Å². The first-order chi connectivity index (χ1) is 46.1. The molecule has 0 fully saturated rings. The summed E-state index contributed by atoms with van der Waals surface area (Å²) in [5, 5.41) is 9.60. The van der Waals surface area contributed by atoms with E-state index in [0.717, 1.165) is 101 Å². The molecule has 0 spiro atoms. The van der Waals surface area contributed by atoms with Crippen LogP contribution in [0.1, 0.15) is 0 Å². The number of furan rings is 1. The number of anilines is 6. The maximum Gasteiger partial charge on any atom is 0.143 e. The zero-order chi connectivity index (χ0) is 61.6. The maximum absolute atomic E-state index is 6.91. The van der Waals surface area contributed by atoms with E-state index in [9.17, 15) is 0 Å². The smallest absolute Gasteiger partial charge is 0.143 e. The van der Waals surface area contributed by atoms with Crippen LogP contribution in [0.3, 0.4) is 0 Å². The number of benzene rings is 16. The van der Waals surface area contributed by atoms with Crippen LogP contribution in [0.2, 0.25) is 0 Å². The van der Waals surface area contributed by atoms with E-state index >= 15 is 0 Å². The summed E-state index contributed by atoms with van der Waals surface area (Å²) in [6, 6.07) is 132. The summed E-state index contributed by atoms with van der Waals surface area (Å²) in [6.45, 7) is 0. The molecular weight excluding hydrogens is 1130 g/mol. The van der Waals surface area contributed by atoms with Crippen LogP contribution in [0.5, 0.6) is 0 Å². The maximum atomic E-state index is 6.91. The Morgan fingerprint density at radius 1 is 0.161 bits per heavy atom. The van der Waals surface area contributed by atoms with Crippen molar-refractivity contribution in [3.8, 4) is 77.9 Å². The van der Waals surface area contributed by atoms with Gasteiger partial charge in [0.25, 0.3) is 0 Å². The zero-order valence-electron chi connectivity index (χ0n) is 50.9. The Balaban J connectivity index is 0.753. The molecule has 1 heterocycles. The number of nitrogens with zero attached hydrogens (tertiary/aromatic N) is 2. The lowest BCUT2D eigenvalue weighted by molar-refractivity contribution is 0.671. The average Bonchev–Trinajstić information content (AvgIpc) is 1.69. The Hall–Kier alpha value is -12.3. The highest BCUT2D eigenvalue weighted by atomic mass is 16.3. The van der Waals surface area contributed by atoms with Gasteiger partial charge in [-0.05, 0) is 178 Å². The largest absolute Gasteiger partial charge is 0.455 e. The molecule has 0 saturated carbocycles. The van der Waals surface area contributed by atoms with Gasteiger partial charge >= 0.3 is 0 Å². The third-order valence-corrected chi connectivity index (χ3v) is 18.5. The molecule has 0 bridgehead atoms. The van der Waals surface area contributed by atoms with Gasteiger partial charge in [0, 0.05) is 56.0 Å². The topological polar surface area (TPSA) is 19.6 Å². The van der Waals surface area contributed by atoms with Crippen LogP contribution >= 0.6 is 0 Å². The minimum absolute atomic E-state index is 0.881. The standard InChI is InChI=1S/C90H60N2O/c1-3-19-63(20-4-1)81-56-57-82(86-32-12-11-31-85(81)86)67-44-52-75(53-45-67)92(74-50-42-66(43-51-74)80-33-15-25-64-23-9-10-30-79(64)80)78-29-14-27-71(60-78)70-26-13-28-77(59-70)91(73-48-40-62(41-49-73)72-39-38-61-18-7-8-24-69(61)58-72)76-54-46-68(47-55-76)84-35-17-37-88-87-36-16-34-83(89(87)93-90(84)88)65-21-5-2-6-22-65/h1-60H. The van der Waals surface area contributed by atoms with Crippen molar-refractivity contribution in [3.63, 3.8) is 0 Å². The molecule has 0 aliphatic rings. The molecule has 0 amide bonds. The van der Waals surface area contributed by atoms with Crippen molar-refractivity contribution in [1.82, 2.24) is 0 Å². The van der Waals surface area contributed by atoms with Crippen molar-refractivity contribution < 1.29 is 4.42 Å². The van der Waals surface area contributed by atoms with E-state index in [-0.39, 0.29) is 0 Å².